The Morgan fingerprint density at radius 3 is 2.33 bits per heavy atom. The van der Waals surface area contributed by atoms with E-state index < -0.39 is 17.1 Å². The number of carbonyl (C=O) groups is 3. The molecule has 2 N–H and O–H groups in total. The van der Waals surface area contributed by atoms with Crippen LogP contribution in [0.1, 0.15) is 60.0 Å². The van der Waals surface area contributed by atoms with E-state index in [0.29, 0.717) is 42.5 Å². The van der Waals surface area contributed by atoms with Gasteiger partial charge in [-0.1, -0.05) is 42.5 Å². The number of nitrogens with one attached hydrogen (secondary N) is 2. The Balaban J connectivity index is 1.47. The van der Waals surface area contributed by atoms with Crippen LogP contribution in [0.15, 0.2) is 53.3 Å². The zero-order chi connectivity index (χ0) is 30.2. The fraction of sp³-hybridized carbons (Fsp3) is 0.375. The maximum atomic E-state index is 14.0. The van der Waals surface area contributed by atoms with Gasteiger partial charge in [-0.05, 0) is 52.2 Å². The summed E-state index contributed by atoms with van der Waals surface area (Å²) in [7, 11) is 1.42. The van der Waals surface area contributed by atoms with Gasteiger partial charge in [-0.15, -0.1) is 0 Å². The smallest absolute Gasteiger partial charge is 0.410 e. The normalized spacial score (nSPS) is 14.3. The fourth-order valence-electron chi connectivity index (χ4n) is 5.49. The van der Waals surface area contributed by atoms with Crippen molar-refractivity contribution in [3.8, 4) is 5.75 Å². The van der Waals surface area contributed by atoms with E-state index in [9.17, 15) is 19.2 Å². The number of Topliss-reactive ketones (excluding diaryl/α,β-unsaturated/α-hetero) is 1. The SMILES string of the molecule is COc1c(C(=O)NC2CCN(C(=O)OC(C)(C)C)CC2)[nH]c2c1c(=O)n(CC(=O)c1ccccc1)c1cccc(C)c21. The van der Waals surface area contributed by atoms with Gasteiger partial charge in [-0.3, -0.25) is 19.0 Å². The van der Waals surface area contributed by atoms with Crippen LogP contribution in [0.5, 0.6) is 5.75 Å². The van der Waals surface area contributed by atoms with Crippen molar-refractivity contribution in [1.29, 1.82) is 0 Å². The number of carbonyl (C=O) groups excluding carboxylic acids is 3. The van der Waals surface area contributed by atoms with Gasteiger partial charge in [0.2, 0.25) is 0 Å². The van der Waals surface area contributed by atoms with Gasteiger partial charge < -0.3 is 24.7 Å². The Hall–Kier alpha value is -4.60. The minimum Gasteiger partial charge on any atom is -0.493 e. The lowest BCUT2D eigenvalue weighted by atomic mass is 10.0. The topological polar surface area (TPSA) is 123 Å². The van der Waals surface area contributed by atoms with Crippen molar-refractivity contribution in [2.24, 2.45) is 0 Å². The molecule has 3 heterocycles. The second-order valence-corrected chi connectivity index (χ2v) is 11.6. The lowest BCUT2D eigenvalue weighted by Gasteiger charge is -2.33. The molecule has 0 bridgehead atoms. The van der Waals surface area contributed by atoms with Crippen molar-refractivity contribution in [3.63, 3.8) is 0 Å². The van der Waals surface area contributed by atoms with E-state index in [4.69, 9.17) is 9.47 Å². The van der Waals surface area contributed by atoms with Crippen LogP contribution in [0.2, 0.25) is 0 Å². The van der Waals surface area contributed by atoms with E-state index in [1.807, 2.05) is 45.9 Å². The molecule has 10 nitrogen and oxygen atoms in total. The van der Waals surface area contributed by atoms with E-state index in [1.54, 1.807) is 35.2 Å². The van der Waals surface area contributed by atoms with Gasteiger partial charge in [0.05, 0.1) is 24.7 Å². The molecule has 10 heteroatoms. The van der Waals surface area contributed by atoms with Gasteiger partial charge in [-0.25, -0.2) is 4.79 Å². The summed E-state index contributed by atoms with van der Waals surface area (Å²) >= 11 is 0. The van der Waals surface area contributed by atoms with Crippen molar-refractivity contribution in [1.82, 2.24) is 19.8 Å². The van der Waals surface area contributed by atoms with Gasteiger partial charge >= 0.3 is 6.09 Å². The number of pyridine rings is 1. The lowest BCUT2D eigenvalue weighted by Crippen LogP contribution is -2.47. The predicted molar refractivity (Wildman–Crippen MR) is 160 cm³/mol. The number of methoxy groups -OCH3 is 1. The minimum atomic E-state index is -0.579. The molecule has 0 saturated carbocycles. The first-order valence-corrected chi connectivity index (χ1v) is 14.1. The van der Waals surface area contributed by atoms with Gasteiger partial charge in [0.1, 0.15) is 16.7 Å². The summed E-state index contributed by atoms with van der Waals surface area (Å²) in [6.07, 6.45) is 0.752. The third-order valence-electron chi connectivity index (χ3n) is 7.52. The number of aromatic amines is 1. The monoisotopic (exact) mass is 572 g/mol. The molecular formula is C32H36N4O6. The molecule has 5 rings (SSSR count). The number of hydrogen-bond donors (Lipinski definition) is 2. The van der Waals surface area contributed by atoms with Crippen molar-refractivity contribution < 1.29 is 23.9 Å². The molecule has 0 unspecified atom stereocenters. The molecule has 1 aliphatic heterocycles. The Kier molecular flexibility index (Phi) is 7.81. The van der Waals surface area contributed by atoms with Crippen molar-refractivity contribution in [3.05, 3.63) is 75.7 Å². The van der Waals surface area contributed by atoms with E-state index in [-0.39, 0.29) is 41.3 Å². The summed E-state index contributed by atoms with van der Waals surface area (Å²) in [5.74, 6) is -0.485. The van der Waals surface area contributed by atoms with E-state index >= 15 is 0 Å². The predicted octanol–water partition coefficient (Wildman–Crippen LogP) is 4.81. The molecule has 42 heavy (non-hydrogen) atoms. The molecule has 0 spiro atoms. The molecule has 1 saturated heterocycles. The Labute approximate surface area is 243 Å². The standard InChI is InChI=1S/C32H36N4O6/c1-19-10-9-13-22-24(19)26-25(30(39)36(22)18-23(37)20-11-7-6-8-12-20)28(41-5)27(34-26)29(38)33-21-14-16-35(17-15-21)31(40)42-32(2,3)4/h6-13,21,34H,14-18H2,1-5H3,(H,33,38). The molecule has 1 aliphatic rings. The molecule has 2 amide bonds. The number of aryl methyl sites for hydroxylation is 1. The summed E-state index contributed by atoms with van der Waals surface area (Å²) in [6, 6.07) is 14.2. The molecule has 1 fully saturated rings. The van der Waals surface area contributed by atoms with Crippen LogP contribution >= 0.6 is 0 Å². The van der Waals surface area contributed by atoms with Gasteiger partial charge in [0, 0.05) is 30.1 Å². The average Bonchev–Trinajstić information content (AvgIpc) is 3.35. The van der Waals surface area contributed by atoms with Crippen LogP contribution in [0.4, 0.5) is 4.79 Å². The van der Waals surface area contributed by atoms with Gasteiger partial charge in [0.15, 0.2) is 11.5 Å². The number of aromatic nitrogens is 2. The number of hydrogen-bond acceptors (Lipinski definition) is 6. The zero-order valence-corrected chi connectivity index (χ0v) is 24.6. The molecular weight excluding hydrogens is 536 g/mol. The Morgan fingerprint density at radius 2 is 1.69 bits per heavy atom. The summed E-state index contributed by atoms with van der Waals surface area (Å²) in [5.41, 5.74) is 1.58. The van der Waals surface area contributed by atoms with Crippen LogP contribution in [-0.2, 0) is 11.3 Å². The summed E-state index contributed by atoms with van der Waals surface area (Å²) in [6.45, 7) is 8.14. The lowest BCUT2D eigenvalue weighted by molar-refractivity contribution is 0.0199. The van der Waals surface area contributed by atoms with Gasteiger partial charge in [-0.2, -0.15) is 0 Å². The highest BCUT2D eigenvalue weighted by atomic mass is 16.6. The maximum Gasteiger partial charge on any atom is 0.410 e. The number of ketones is 1. The summed E-state index contributed by atoms with van der Waals surface area (Å²) in [4.78, 5) is 57.9. The Bertz CT molecular complexity index is 1720. The molecule has 2 aromatic carbocycles. The van der Waals surface area contributed by atoms with Crippen LogP contribution < -0.4 is 15.6 Å². The largest absolute Gasteiger partial charge is 0.493 e. The quantitative estimate of drug-likeness (QED) is 0.320. The maximum absolute atomic E-state index is 14.0. The molecule has 0 radical (unpaired) electrons. The molecule has 0 aliphatic carbocycles. The highest BCUT2D eigenvalue weighted by Gasteiger charge is 2.30. The number of fused-ring (bicyclic) bond motifs is 3. The number of nitrogens with zero attached hydrogens (tertiary/aromatic N) is 2. The molecule has 0 atom stereocenters. The number of piperidine rings is 1. The first kappa shape index (κ1) is 28.9. The average molecular weight is 573 g/mol. The highest BCUT2D eigenvalue weighted by Crippen LogP contribution is 2.34. The second kappa shape index (κ2) is 11.3. The van der Waals surface area contributed by atoms with E-state index in [1.165, 1.54) is 11.7 Å². The van der Waals surface area contributed by atoms with E-state index in [2.05, 4.69) is 10.3 Å². The third-order valence-corrected chi connectivity index (χ3v) is 7.52. The molecule has 2 aromatic heterocycles. The van der Waals surface area contributed by atoms with Crippen LogP contribution in [-0.4, -0.2) is 64.1 Å². The number of H-pyrrole nitrogens is 1. The molecule has 220 valence electrons. The number of likely N-dealkylation sites (tertiary alicyclic amines) is 1. The summed E-state index contributed by atoms with van der Waals surface area (Å²) < 4.78 is 12.6. The highest BCUT2D eigenvalue weighted by molar-refractivity contribution is 6.12. The van der Waals surface area contributed by atoms with Crippen molar-refractivity contribution >= 4 is 39.6 Å². The fourth-order valence-corrected chi connectivity index (χ4v) is 5.49. The minimum absolute atomic E-state index is 0.129. The first-order chi connectivity index (χ1) is 20.0. The second-order valence-electron chi connectivity index (χ2n) is 11.6. The van der Waals surface area contributed by atoms with Gasteiger partial charge in [0.25, 0.3) is 11.5 Å². The van der Waals surface area contributed by atoms with Crippen LogP contribution in [0, 0.1) is 6.92 Å². The Morgan fingerprint density at radius 1 is 1.00 bits per heavy atom. The molecule has 4 aromatic rings. The number of amides is 2. The first-order valence-electron chi connectivity index (χ1n) is 14.1. The van der Waals surface area contributed by atoms with E-state index in [0.717, 1.165) is 10.9 Å². The number of ether oxygens (including phenoxy) is 2. The number of rotatable bonds is 6. The van der Waals surface area contributed by atoms with Crippen LogP contribution in [0.25, 0.3) is 21.8 Å². The third kappa shape index (κ3) is 5.61. The van der Waals surface area contributed by atoms with Crippen molar-refractivity contribution in [2.75, 3.05) is 20.2 Å². The van der Waals surface area contributed by atoms with Crippen molar-refractivity contribution in [2.45, 2.75) is 58.7 Å². The zero-order valence-electron chi connectivity index (χ0n) is 24.6. The summed E-state index contributed by atoms with van der Waals surface area (Å²) in [5, 5.41) is 3.98. The van der Waals surface area contributed by atoms with Crippen LogP contribution in [0.3, 0.4) is 0 Å². The number of benzene rings is 2.